The highest BCUT2D eigenvalue weighted by Gasteiger charge is 2.34. The normalized spacial score (nSPS) is 13.3. The minimum atomic E-state index is -4.00. The predicted octanol–water partition coefficient (Wildman–Crippen LogP) is 2.04. The third-order valence-electron chi connectivity index (χ3n) is 2.49. The van der Waals surface area contributed by atoms with Crippen LogP contribution in [0.4, 0.5) is 0 Å². The first kappa shape index (κ1) is 21.2. The fraction of sp³-hybridized carbons (Fsp3) is 0.500. The van der Waals surface area contributed by atoms with Crippen LogP contribution >= 0.6 is 50.7 Å². The molecule has 1 aromatic rings. The van der Waals surface area contributed by atoms with Gasteiger partial charge in [0.05, 0.1) is 15.9 Å². The third kappa shape index (κ3) is 6.52. The van der Waals surface area contributed by atoms with Crippen molar-refractivity contribution in [3.8, 4) is 0 Å². The molecule has 13 heteroatoms. The largest absolute Gasteiger partial charge is 0.341 e. The highest BCUT2D eigenvalue weighted by atomic mass is 79.9. The van der Waals surface area contributed by atoms with Crippen LogP contribution in [0.2, 0.25) is 0 Å². The Morgan fingerprint density at radius 1 is 1.30 bits per heavy atom. The van der Waals surface area contributed by atoms with Crippen LogP contribution in [0.3, 0.4) is 0 Å². The summed E-state index contributed by atoms with van der Waals surface area (Å²) in [5, 5.41) is -0.325. The first-order chi connectivity index (χ1) is 10.2. The number of hydrogen-bond acceptors (Lipinski definition) is 5. The summed E-state index contributed by atoms with van der Waals surface area (Å²) in [6, 6.07) is 1.18. The van der Waals surface area contributed by atoms with Gasteiger partial charge in [0.15, 0.2) is 5.03 Å². The molecule has 0 atom stereocenters. The van der Waals surface area contributed by atoms with E-state index in [1.807, 2.05) is 0 Å². The number of alkyl halides is 3. The lowest BCUT2D eigenvalue weighted by atomic mass is 10.3. The van der Waals surface area contributed by atoms with E-state index < -0.39 is 29.4 Å². The maximum Gasteiger partial charge on any atom is 0.257 e. The molecule has 7 nitrogen and oxygen atoms in total. The SMILES string of the molecule is CS(=O)(=O)CCCNS(=O)(=O)c1[nH]c(C(=O)C(Cl)(Cl)Cl)cc1Br. The number of sulfonamides is 1. The molecule has 0 amide bonds. The van der Waals surface area contributed by atoms with Crippen molar-refractivity contribution >= 4 is 76.4 Å². The average Bonchev–Trinajstić information content (AvgIpc) is 2.74. The van der Waals surface area contributed by atoms with Gasteiger partial charge in [-0.3, -0.25) is 4.79 Å². The summed E-state index contributed by atoms with van der Waals surface area (Å²) >= 11 is 19.4. The van der Waals surface area contributed by atoms with Crippen molar-refractivity contribution in [2.75, 3.05) is 18.6 Å². The van der Waals surface area contributed by atoms with Crippen molar-refractivity contribution in [2.45, 2.75) is 15.2 Å². The van der Waals surface area contributed by atoms with Gasteiger partial charge in [-0.05, 0) is 28.4 Å². The maximum absolute atomic E-state index is 12.1. The fourth-order valence-corrected chi connectivity index (χ4v) is 4.55. The molecule has 2 N–H and O–H groups in total. The first-order valence-electron chi connectivity index (χ1n) is 5.91. The van der Waals surface area contributed by atoms with Crippen molar-refractivity contribution in [3.63, 3.8) is 0 Å². The predicted molar refractivity (Wildman–Crippen MR) is 92.6 cm³/mol. The van der Waals surface area contributed by atoms with Gasteiger partial charge in [-0.1, -0.05) is 34.8 Å². The maximum atomic E-state index is 12.1. The molecular formula is C10H12BrCl3N2O5S2. The van der Waals surface area contributed by atoms with E-state index in [1.54, 1.807) is 0 Å². The molecule has 0 aliphatic rings. The van der Waals surface area contributed by atoms with E-state index in [2.05, 4.69) is 25.6 Å². The van der Waals surface area contributed by atoms with Gasteiger partial charge in [0, 0.05) is 12.8 Å². The molecule has 0 fully saturated rings. The molecule has 0 aliphatic heterocycles. The minimum absolute atomic E-state index is 0.0747. The number of nitrogens with one attached hydrogen (secondary N) is 2. The number of aromatic amines is 1. The van der Waals surface area contributed by atoms with E-state index in [4.69, 9.17) is 34.8 Å². The first-order valence-corrected chi connectivity index (χ1v) is 11.4. The van der Waals surface area contributed by atoms with Gasteiger partial charge in [-0.25, -0.2) is 21.6 Å². The lowest BCUT2D eigenvalue weighted by Crippen LogP contribution is -2.27. The summed E-state index contributed by atoms with van der Waals surface area (Å²) in [4.78, 5) is 14.2. The van der Waals surface area contributed by atoms with Crippen LogP contribution < -0.4 is 4.72 Å². The van der Waals surface area contributed by atoms with Crippen LogP contribution in [0.5, 0.6) is 0 Å². The highest BCUT2D eigenvalue weighted by molar-refractivity contribution is 9.10. The second-order valence-corrected chi connectivity index (χ2v) is 11.7. The summed E-state index contributed by atoms with van der Waals surface area (Å²) in [6.07, 6.45) is 1.16. The molecule has 0 radical (unpaired) electrons. The van der Waals surface area contributed by atoms with Crippen LogP contribution in [-0.2, 0) is 19.9 Å². The van der Waals surface area contributed by atoms with Crippen LogP contribution in [0.15, 0.2) is 15.6 Å². The van der Waals surface area contributed by atoms with Crippen molar-refractivity contribution in [1.29, 1.82) is 0 Å². The molecule has 0 unspecified atom stereocenters. The summed E-state index contributed by atoms with van der Waals surface area (Å²) in [7, 11) is -7.17. The molecule has 0 aromatic carbocycles. The van der Waals surface area contributed by atoms with Gasteiger partial charge in [-0.2, -0.15) is 0 Å². The second-order valence-electron chi connectivity index (χ2n) is 4.57. The number of hydrogen-bond donors (Lipinski definition) is 2. The number of halogens is 4. The summed E-state index contributed by atoms with van der Waals surface area (Å²) in [5.74, 6) is -1.07. The van der Waals surface area contributed by atoms with Gasteiger partial charge in [0.1, 0.15) is 9.84 Å². The Kier molecular flexibility index (Phi) is 7.00. The summed E-state index contributed by atoms with van der Waals surface area (Å²) in [5.41, 5.74) is -0.201. The van der Waals surface area contributed by atoms with E-state index in [-0.39, 0.29) is 33.9 Å². The van der Waals surface area contributed by atoms with Crippen molar-refractivity contribution in [1.82, 2.24) is 9.71 Å². The standard InChI is InChI=1S/C10H12BrCl3N2O5S2/c1-22(18,19)4-2-3-15-23(20,21)9-6(11)5-7(16-9)8(17)10(12,13)14/h5,15-16H,2-4H2,1H3. The van der Waals surface area contributed by atoms with E-state index in [0.717, 1.165) is 6.26 Å². The molecule has 132 valence electrons. The zero-order chi connectivity index (χ0) is 18.1. The van der Waals surface area contributed by atoms with Gasteiger partial charge >= 0.3 is 0 Å². The molecule has 0 spiro atoms. The van der Waals surface area contributed by atoms with Gasteiger partial charge in [0.25, 0.3) is 13.8 Å². The molecule has 1 aromatic heterocycles. The molecular weight excluding hydrogens is 479 g/mol. The number of sulfone groups is 1. The highest BCUT2D eigenvalue weighted by Crippen LogP contribution is 2.32. The van der Waals surface area contributed by atoms with Crippen LogP contribution in [0.25, 0.3) is 0 Å². The van der Waals surface area contributed by atoms with Gasteiger partial charge in [-0.15, -0.1) is 0 Å². The quantitative estimate of drug-likeness (QED) is 0.345. The summed E-state index contributed by atoms with van der Waals surface area (Å²) < 4.78 is 46.3. The van der Waals surface area contributed by atoms with Crippen LogP contribution in [0.1, 0.15) is 16.9 Å². The zero-order valence-corrected chi connectivity index (χ0v) is 17.1. The number of aromatic nitrogens is 1. The Balaban J connectivity index is 2.89. The molecule has 0 aliphatic carbocycles. The zero-order valence-electron chi connectivity index (χ0n) is 11.6. The molecule has 0 saturated heterocycles. The second kappa shape index (κ2) is 7.59. The fourth-order valence-electron chi connectivity index (χ4n) is 1.49. The smallest absolute Gasteiger partial charge is 0.257 e. The average molecular weight is 491 g/mol. The minimum Gasteiger partial charge on any atom is -0.341 e. The topological polar surface area (TPSA) is 113 Å². The Morgan fingerprint density at radius 2 is 1.87 bits per heavy atom. The van der Waals surface area contributed by atoms with Crippen LogP contribution in [0, 0.1) is 0 Å². The molecule has 0 saturated carbocycles. The number of Topliss-reactive ketones (excluding diaryl/α,β-unsaturated/α-hetero) is 1. The van der Waals surface area contributed by atoms with E-state index >= 15 is 0 Å². The van der Waals surface area contributed by atoms with Gasteiger partial charge in [0.2, 0.25) is 5.78 Å². The number of H-pyrrole nitrogens is 1. The third-order valence-corrected chi connectivity index (χ3v) is 6.37. The summed E-state index contributed by atoms with van der Waals surface area (Å²) in [6.45, 7) is -0.0887. The molecule has 1 heterocycles. The van der Waals surface area contributed by atoms with E-state index in [0.29, 0.717) is 0 Å². The Bertz CT molecular complexity index is 799. The monoisotopic (exact) mass is 488 g/mol. The number of ketones is 1. The Morgan fingerprint density at radius 3 is 2.35 bits per heavy atom. The van der Waals surface area contributed by atoms with E-state index in [1.165, 1.54) is 6.07 Å². The Labute approximate surface area is 157 Å². The van der Waals surface area contributed by atoms with Crippen LogP contribution in [-0.4, -0.2) is 49.9 Å². The van der Waals surface area contributed by atoms with Crippen molar-refractivity contribution in [3.05, 3.63) is 16.2 Å². The lowest BCUT2D eigenvalue weighted by Gasteiger charge is -2.07. The van der Waals surface area contributed by atoms with E-state index in [9.17, 15) is 21.6 Å². The number of carbonyl (C=O) groups excluding carboxylic acids is 1. The molecule has 0 bridgehead atoms. The molecule has 23 heavy (non-hydrogen) atoms. The van der Waals surface area contributed by atoms with Crippen molar-refractivity contribution in [2.24, 2.45) is 0 Å². The Hall–Kier alpha value is 0.160. The van der Waals surface area contributed by atoms with Crippen molar-refractivity contribution < 1.29 is 21.6 Å². The number of rotatable bonds is 7. The lowest BCUT2D eigenvalue weighted by molar-refractivity contribution is 0.0992. The van der Waals surface area contributed by atoms with Gasteiger partial charge < -0.3 is 4.98 Å². The molecule has 1 rings (SSSR count). The number of carbonyl (C=O) groups is 1.